The number of unbranched alkanes of at least 4 members (excludes halogenated alkanes) is 2. The molecule has 3 atom stereocenters. The highest BCUT2D eigenvalue weighted by atomic mass is 32.2. The predicted octanol–water partition coefficient (Wildman–Crippen LogP) is 4.86. The second-order valence-electron chi connectivity index (χ2n) is 17.0. The van der Waals surface area contributed by atoms with Crippen molar-refractivity contribution in [3.63, 3.8) is 0 Å². The summed E-state index contributed by atoms with van der Waals surface area (Å²) in [5.41, 5.74) is 10.8. The van der Waals surface area contributed by atoms with Crippen LogP contribution in [0.1, 0.15) is 108 Å². The molecular formula is C44H63F2N9O7S. The summed E-state index contributed by atoms with van der Waals surface area (Å²) in [4.78, 5) is 63.2. The van der Waals surface area contributed by atoms with Crippen LogP contribution in [0.3, 0.4) is 0 Å². The second-order valence-corrected chi connectivity index (χ2v) is 18.3. The predicted molar refractivity (Wildman–Crippen MR) is 236 cm³/mol. The van der Waals surface area contributed by atoms with Crippen molar-refractivity contribution in [3.05, 3.63) is 71.6 Å². The maximum atomic E-state index is 14.1. The van der Waals surface area contributed by atoms with Gasteiger partial charge in [-0.1, -0.05) is 37.6 Å². The minimum absolute atomic E-state index is 0.00779. The normalized spacial score (nSPS) is 15.7. The largest absolute Gasteiger partial charge is 0.480 e. The molecular weight excluding hydrogens is 837 g/mol. The Labute approximate surface area is 372 Å². The van der Waals surface area contributed by atoms with Gasteiger partial charge in [-0.25, -0.2) is 18.3 Å². The van der Waals surface area contributed by atoms with Crippen LogP contribution in [-0.2, 0) is 25.7 Å². The monoisotopic (exact) mass is 899 g/mol. The van der Waals surface area contributed by atoms with E-state index in [1.54, 1.807) is 30.5 Å². The van der Waals surface area contributed by atoms with Gasteiger partial charge >= 0.3 is 6.03 Å². The zero-order chi connectivity index (χ0) is 46.0. The number of primary amides is 1. The molecule has 2 heterocycles. The number of ether oxygens (including phenoxy) is 2. The number of ketones is 1. The number of nitrogens with one attached hydrogen (secondary N) is 4. The van der Waals surface area contributed by atoms with E-state index in [2.05, 4.69) is 31.6 Å². The first-order valence-electron chi connectivity index (χ1n) is 21.4. The molecule has 1 saturated heterocycles. The van der Waals surface area contributed by atoms with E-state index in [0.717, 1.165) is 43.6 Å². The zero-order valence-corrected chi connectivity index (χ0v) is 37.5. The van der Waals surface area contributed by atoms with Gasteiger partial charge in [-0.3, -0.25) is 19.2 Å². The molecule has 16 nitrogen and oxygen atoms in total. The molecule has 3 aromatic rings. The number of carbonyl (C=O) groups is 5. The Bertz CT molecular complexity index is 1980. The van der Waals surface area contributed by atoms with Crippen LogP contribution in [0.25, 0.3) is 5.69 Å². The lowest BCUT2D eigenvalue weighted by atomic mass is 9.88. The van der Waals surface area contributed by atoms with Crippen LogP contribution in [0.15, 0.2) is 48.7 Å². The van der Waals surface area contributed by atoms with E-state index in [9.17, 15) is 32.8 Å². The van der Waals surface area contributed by atoms with E-state index >= 15 is 0 Å². The Morgan fingerprint density at radius 1 is 0.984 bits per heavy atom. The summed E-state index contributed by atoms with van der Waals surface area (Å²) in [7, 11) is 0. The summed E-state index contributed by atoms with van der Waals surface area (Å²) in [5.74, 6) is -2.99. The van der Waals surface area contributed by atoms with Crippen LogP contribution >= 0.6 is 11.8 Å². The number of aromatic nitrogens is 3. The topological polar surface area (TPSA) is 235 Å². The molecule has 63 heavy (non-hydrogen) atoms. The number of benzene rings is 2. The molecule has 1 fully saturated rings. The average molecular weight is 900 g/mol. The van der Waals surface area contributed by atoms with Crippen LogP contribution in [0.4, 0.5) is 13.6 Å². The summed E-state index contributed by atoms with van der Waals surface area (Å²) >= 11 is 1.84. The molecule has 346 valence electrons. The van der Waals surface area contributed by atoms with E-state index in [0.29, 0.717) is 68.4 Å². The van der Waals surface area contributed by atoms with E-state index in [1.807, 2.05) is 39.5 Å². The number of nitrogens with zero attached hydrogens (tertiary/aromatic N) is 3. The molecule has 19 heteroatoms. The fraction of sp³-hybridized carbons (Fsp3) is 0.568. The molecule has 4 rings (SSSR count). The number of urea groups is 1. The van der Waals surface area contributed by atoms with Gasteiger partial charge in [0.25, 0.3) is 5.91 Å². The number of amides is 5. The molecule has 0 spiro atoms. The molecule has 0 unspecified atom stereocenters. The van der Waals surface area contributed by atoms with Crippen LogP contribution in [0.2, 0.25) is 0 Å². The summed E-state index contributed by atoms with van der Waals surface area (Å²) in [6, 6.07) is 8.37. The van der Waals surface area contributed by atoms with Crippen LogP contribution < -0.4 is 37.5 Å². The average Bonchev–Trinajstić information content (AvgIpc) is 3.90. The highest BCUT2D eigenvalue weighted by Crippen LogP contribution is 2.31. The highest BCUT2D eigenvalue weighted by molar-refractivity contribution is 8.00. The molecule has 5 amide bonds. The van der Waals surface area contributed by atoms with Gasteiger partial charge in [-0.2, -0.15) is 11.8 Å². The molecule has 2 aromatic carbocycles. The number of thioether (sulfide) groups is 1. The Morgan fingerprint density at radius 2 is 1.73 bits per heavy atom. The van der Waals surface area contributed by atoms with E-state index in [-0.39, 0.29) is 36.4 Å². The Balaban J connectivity index is 1.17. The number of rotatable bonds is 27. The third kappa shape index (κ3) is 17.2. The van der Waals surface area contributed by atoms with Gasteiger partial charge in [0.05, 0.1) is 30.1 Å². The summed E-state index contributed by atoms with van der Waals surface area (Å²) in [5, 5.41) is 20.2. The maximum Gasteiger partial charge on any atom is 0.312 e. The van der Waals surface area contributed by atoms with E-state index in [1.165, 1.54) is 10.7 Å². The van der Waals surface area contributed by atoms with Gasteiger partial charge in [0.1, 0.15) is 12.3 Å². The third-order valence-corrected chi connectivity index (χ3v) is 12.2. The minimum atomic E-state index is -0.996. The molecule has 1 aliphatic rings. The number of Topliss-reactive ketones (excluding diaryl/α,β-unsaturated/α-hetero) is 1. The zero-order valence-electron chi connectivity index (χ0n) is 36.7. The minimum Gasteiger partial charge on any atom is -0.480 e. The van der Waals surface area contributed by atoms with Gasteiger partial charge in [0.2, 0.25) is 11.8 Å². The lowest BCUT2D eigenvalue weighted by Crippen LogP contribution is -2.43. The molecule has 1 aliphatic heterocycles. The van der Waals surface area contributed by atoms with Gasteiger partial charge in [-0.05, 0) is 102 Å². The third-order valence-electron chi connectivity index (χ3n) is 10.8. The van der Waals surface area contributed by atoms with Crippen molar-refractivity contribution in [3.8, 4) is 11.4 Å². The fourth-order valence-electron chi connectivity index (χ4n) is 6.84. The molecule has 0 saturated carbocycles. The number of para-hydroxylation sites is 1. The van der Waals surface area contributed by atoms with E-state index < -0.39 is 58.8 Å². The van der Waals surface area contributed by atoms with Gasteiger partial charge in [0.15, 0.2) is 23.2 Å². The molecule has 0 bridgehead atoms. The van der Waals surface area contributed by atoms with Crippen molar-refractivity contribution < 1.29 is 42.2 Å². The van der Waals surface area contributed by atoms with Crippen LogP contribution in [0, 0.1) is 17.0 Å². The van der Waals surface area contributed by atoms with Gasteiger partial charge < -0.3 is 42.2 Å². The van der Waals surface area contributed by atoms with Crippen molar-refractivity contribution in [2.45, 2.75) is 121 Å². The van der Waals surface area contributed by atoms with Gasteiger partial charge in [0, 0.05) is 47.6 Å². The Morgan fingerprint density at radius 3 is 2.46 bits per heavy atom. The van der Waals surface area contributed by atoms with Crippen molar-refractivity contribution in [1.82, 2.24) is 36.3 Å². The molecule has 0 aliphatic carbocycles. The van der Waals surface area contributed by atoms with Crippen molar-refractivity contribution >= 4 is 41.3 Å². The number of hydrogen-bond acceptors (Lipinski definition) is 11. The standard InChI is InChI=1S/C44H63F2N9O7S/c1-43(2,19-22-62-44(3,4)18-21-49-38(57)17-6-5-13-33-24-30(28-63-33)51-42(48)60)41(59)50-25-31-26-55(54-53-31)32-12-9-11-29(23-32)40(58)52-36(16-7-8-20-47)37(56)27-61-39-34(45)14-10-15-35(39)46/h9-12,14-15,23,26,30,33,36H,5-8,13,16-22,24-25,27-28,47H2,1-4H3,(H,49,57)(H,50,59)(H,52,58)(H3,48,51,60)/t30-,33+,36+/m1/s1. The van der Waals surface area contributed by atoms with Crippen LogP contribution in [-0.4, -0.2) is 99.5 Å². The first-order valence-corrected chi connectivity index (χ1v) is 22.5. The lowest BCUT2D eigenvalue weighted by Gasteiger charge is -2.29. The maximum absolute atomic E-state index is 14.1. The highest BCUT2D eigenvalue weighted by Gasteiger charge is 2.30. The fourth-order valence-corrected chi connectivity index (χ4v) is 8.27. The second kappa shape index (κ2) is 24.6. The molecule has 1 aromatic heterocycles. The van der Waals surface area contributed by atoms with Crippen molar-refractivity contribution in [2.24, 2.45) is 16.9 Å². The molecule has 0 radical (unpaired) electrons. The summed E-state index contributed by atoms with van der Waals surface area (Å²) < 4.78 is 40.9. The van der Waals surface area contributed by atoms with Crippen molar-refractivity contribution in [1.29, 1.82) is 0 Å². The first kappa shape index (κ1) is 50.5. The number of halogens is 2. The number of hydrogen-bond donors (Lipinski definition) is 6. The van der Waals surface area contributed by atoms with Crippen LogP contribution in [0.5, 0.6) is 5.75 Å². The summed E-state index contributed by atoms with van der Waals surface area (Å²) in [6.45, 7) is 8.23. The lowest BCUT2D eigenvalue weighted by molar-refractivity contribution is -0.131. The Hall–Kier alpha value is -5.14. The summed E-state index contributed by atoms with van der Waals surface area (Å²) in [6.07, 6.45) is 8.17. The Kier molecular flexibility index (Phi) is 19.8. The first-order chi connectivity index (χ1) is 30.0. The van der Waals surface area contributed by atoms with Crippen molar-refractivity contribution in [2.75, 3.05) is 32.1 Å². The number of carbonyl (C=O) groups excluding carboxylic acids is 5. The molecule has 8 N–H and O–H groups in total. The SMILES string of the molecule is CC(C)(CCNC(=O)CCCC[C@H]1C[C@@H](NC(N)=O)CS1)OCCC(C)(C)C(=O)NCc1cn(-c2cccc(C(=O)N[C@@H](CCCCN)C(=O)COc3c(F)cccc3F)c2)nn1. The number of nitrogens with two attached hydrogens (primary N) is 2. The quantitative estimate of drug-likeness (QED) is 0.0566. The van der Waals surface area contributed by atoms with E-state index in [4.69, 9.17) is 20.9 Å². The smallest absolute Gasteiger partial charge is 0.312 e. The van der Waals surface area contributed by atoms with Gasteiger partial charge in [-0.15, -0.1) is 5.10 Å².